The van der Waals surface area contributed by atoms with E-state index in [0.29, 0.717) is 17.3 Å². The number of halogens is 1. The summed E-state index contributed by atoms with van der Waals surface area (Å²) in [5.41, 5.74) is 2.19. The molecule has 2 aromatic carbocycles. The van der Waals surface area contributed by atoms with Crippen molar-refractivity contribution in [3.05, 3.63) is 47.5 Å². The average molecular weight is 774 g/mol. The number of cyclic esters (lactones) is 1. The standard InChI is InChI=1S/C38H52ClN5O8S/c1-5-6-7-8-9-10-11-12-13-14-15-18-23-51-32-20-17-16-19-29(32)42-53(49,50)27-21-22-28(39)30(24-27)40-35(46)33(44-36(47)26(2)52-37(44)48)34(45)31-25-38(3,4)43-41-31/h16-17,19-22,24,26,33,42-43H,5-15,18,23,25H2,1-4H3,(H,40,46). The maximum Gasteiger partial charge on any atom is 0.418 e. The monoisotopic (exact) mass is 773 g/mol. The van der Waals surface area contributed by atoms with Crippen LogP contribution in [0.15, 0.2) is 52.5 Å². The number of rotatable bonds is 22. The molecule has 15 heteroatoms. The molecule has 1 saturated heterocycles. The Morgan fingerprint density at radius 1 is 0.981 bits per heavy atom. The SMILES string of the molecule is CCCCCCCCCCCCCCOc1ccccc1NS(=O)(=O)c1ccc(Cl)c(NC(=O)C(C(=O)C2=NNC(C)(C)C2)N2C(=O)OC(C)C2=O)c1. The minimum Gasteiger partial charge on any atom is -0.491 e. The van der Waals surface area contributed by atoms with E-state index in [-0.39, 0.29) is 33.4 Å². The number of hydrogen-bond acceptors (Lipinski definition) is 10. The highest BCUT2D eigenvalue weighted by molar-refractivity contribution is 7.92. The first-order chi connectivity index (χ1) is 25.2. The third-order valence-corrected chi connectivity index (χ3v) is 10.8. The van der Waals surface area contributed by atoms with Crippen LogP contribution in [0.25, 0.3) is 0 Å². The molecule has 0 saturated carbocycles. The van der Waals surface area contributed by atoms with Gasteiger partial charge in [0.2, 0.25) is 5.78 Å². The summed E-state index contributed by atoms with van der Waals surface area (Å²) >= 11 is 6.37. The van der Waals surface area contributed by atoms with Crippen LogP contribution in [0.4, 0.5) is 16.2 Å². The van der Waals surface area contributed by atoms with Crippen molar-refractivity contribution >= 4 is 62.4 Å². The smallest absolute Gasteiger partial charge is 0.418 e. The van der Waals surface area contributed by atoms with Gasteiger partial charge in [0.15, 0.2) is 12.1 Å². The second-order valence-corrected chi connectivity index (χ2v) is 16.3. The van der Waals surface area contributed by atoms with Gasteiger partial charge in [-0.3, -0.25) is 19.1 Å². The first kappa shape index (κ1) is 41.6. The van der Waals surface area contributed by atoms with Crippen molar-refractivity contribution in [2.24, 2.45) is 5.10 Å². The van der Waals surface area contributed by atoms with Crippen LogP contribution in [-0.4, -0.2) is 67.0 Å². The van der Waals surface area contributed by atoms with Gasteiger partial charge >= 0.3 is 6.09 Å². The normalized spacial score (nSPS) is 17.2. The molecule has 2 aromatic rings. The molecule has 2 unspecified atom stereocenters. The number of anilines is 2. The van der Waals surface area contributed by atoms with E-state index in [1.54, 1.807) is 38.1 Å². The summed E-state index contributed by atoms with van der Waals surface area (Å²) in [6, 6.07) is 8.34. The lowest BCUT2D eigenvalue weighted by Crippen LogP contribution is -2.54. The molecule has 3 amide bonds. The van der Waals surface area contributed by atoms with Gasteiger partial charge in [-0.15, -0.1) is 0 Å². The van der Waals surface area contributed by atoms with Gasteiger partial charge in [0.1, 0.15) is 11.5 Å². The number of unbranched alkanes of at least 4 members (excludes halogenated alkanes) is 11. The molecule has 0 radical (unpaired) electrons. The highest BCUT2D eigenvalue weighted by Gasteiger charge is 2.50. The predicted molar refractivity (Wildman–Crippen MR) is 205 cm³/mol. The van der Waals surface area contributed by atoms with Crippen LogP contribution in [-0.2, 0) is 29.1 Å². The zero-order valence-electron chi connectivity index (χ0n) is 31.0. The van der Waals surface area contributed by atoms with Crippen LogP contribution >= 0.6 is 11.6 Å². The fourth-order valence-corrected chi connectivity index (χ4v) is 7.38. The third-order valence-electron chi connectivity index (χ3n) is 9.09. The Morgan fingerprint density at radius 3 is 2.19 bits per heavy atom. The maximum absolute atomic E-state index is 13.7. The first-order valence-electron chi connectivity index (χ1n) is 18.5. The fourth-order valence-electron chi connectivity index (χ4n) is 6.12. The van der Waals surface area contributed by atoms with E-state index in [0.717, 1.165) is 25.3 Å². The quantitative estimate of drug-likeness (QED) is 0.0805. The number of carbonyl (C=O) groups excluding carboxylic acids is 4. The number of nitrogens with one attached hydrogen (secondary N) is 3. The molecule has 3 N–H and O–H groups in total. The minimum atomic E-state index is -4.24. The number of para-hydroxylation sites is 2. The number of ketones is 1. The van der Waals surface area contributed by atoms with E-state index >= 15 is 0 Å². The molecule has 290 valence electrons. The van der Waals surface area contributed by atoms with Gasteiger partial charge in [-0.25, -0.2) is 18.1 Å². The largest absolute Gasteiger partial charge is 0.491 e. The summed E-state index contributed by atoms with van der Waals surface area (Å²) in [6.45, 7) is 7.55. The Kier molecular flexibility index (Phi) is 15.1. The summed E-state index contributed by atoms with van der Waals surface area (Å²) in [4.78, 5) is 53.1. The molecule has 2 aliphatic rings. The van der Waals surface area contributed by atoms with E-state index in [1.807, 2.05) is 0 Å². The second kappa shape index (κ2) is 19.2. The van der Waals surface area contributed by atoms with Crippen molar-refractivity contribution in [1.82, 2.24) is 10.3 Å². The molecule has 13 nitrogen and oxygen atoms in total. The number of carbonyl (C=O) groups is 4. The van der Waals surface area contributed by atoms with Gasteiger partial charge in [-0.1, -0.05) is 101 Å². The van der Waals surface area contributed by atoms with E-state index < -0.39 is 51.4 Å². The number of hydrazone groups is 1. The summed E-state index contributed by atoms with van der Waals surface area (Å²) < 4.78 is 40.7. The van der Waals surface area contributed by atoms with Crippen molar-refractivity contribution in [3.8, 4) is 5.75 Å². The van der Waals surface area contributed by atoms with Crippen LogP contribution in [0.1, 0.15) is 111 Å². The molecule has 1 fully saturated rings. The summed E-state index contributed by atoms with van der Waals surface area (Å²) in [5.74, 6) is -2.53. The van der Waals surface area contributed by atoms with E-state index in [4.69, 9.17) is 21.1 Å². The Hall–Kier alpha value is -4.17. The van der Waals surface area contributed by atoms with Crippen LogP contribution < -0.4 is 20.2 Å². The molecule has 2 aliphatic heterocycles. The number of ether oxygens (including phenoxy) is 2. The van der Waals surface area contributed by atoms with Crippen LogP contribution in [0.2, 0.25) is 5.02 Å². The van der Waals surface area contributed by atoms with Gasteiger partial charge in [-0.05, 0) is 57.5 Å². The molecule has 0 bridgehead atoms. The third kappa shape index (κ3) is 11.7. The molecule has 2 atom stereocenters. The number of nitrogens with zero attached hydrogens (tertiary/aromatic N) is 2. The number of Topliss-reactive ketones (excluding diaryl/α,β-unsaturated/α-hetero) is 1. The highest BCUT2D eigenvalue weighted by Crippen LogP contribution is 2.31. The molecule has 0 aromatic heterocycles. The van der Waals surface area contributed by atoms with Crippen molar-refractivity contribution in [1.29, 1.82) is 0 Å². The molecule has 0 spiro atoms. The topological polar surface area (TPSA) is 173 Å². The second-order valence-electron chi connectivity index (χ2n) is 14.2. The molecule has 0 aliphatic carbocycles. The van der Waals surface area contributed by atoms with Crippen LogP contribution in [0.3, 0.4) is 0 Å². The van der Waals surface area contributed by atoms with Gasteiger partial charge in [0.25, 0.3) is 21.8 Å². The lowest BCUT2D eigenvalue weighted by molar-refractivity contribution is -0.138. The van der Waals surface area contributed by atoms with Crippen LogP contribution in [0.5, 0.6) is 5.75 Å². The Balaban J connectivity index is 1.37. The lowest BCUT2D eigenvalue weighted by atomic mass is 9.94. The number of sulfonamides is 1. The summed E-state index contributed by atoms with van der Waals surface area (Å²) in [7, 11) is -4.24. The van der Waals surface area contributed by atoms with Crippen molar-refractivity contribution in [2.45, 2.75) is 134 Å². The highest BCUT2D eigenvalue weighted by atomic mass is 35.5. The Labute approximate surface area is 317 Å². The summed E-state index contributed by atoms with van der Waals surface area (Å²) in [6.07, 6.45) is 12.3. The van der Waals surface area contributed by atoms with Crippen LogP contribution in [0, 0.1) is 0 Å². The predicted octanol–water partition coefficient (Wildman–Crippen LogP) is 7.59. The van der Waals surface area contributed by atoms with Gasteiger partial charge in [0, 0.05) is 6.42 Å². The molecule has 4 rings (SSSR count). The maximum atomic E-state index is 13.7. The Bertz CT molecular complexity index is 1770. The summed E-state index contributed by atoms with van der Waals surface area (Å²) in [5, 5.41) is 6.41. The minimum absolute atomic E-state index is 0.0541. The van der Waals surface area contributed by atoms with Gasteiger partial charge in [-0.2, -0.15) is 5.10 Å². The van der Waals surface area contributed by atoms with Gasteiger partial charge in [0.05, 0.1) is 33.4 Å². The molecular weight excluding hydrogens is 722 g/mol. The average Bonchev–Trinajstić information content (AvgIpc) is 3.60. The Morgan fingerprint density at radius 2 is 1.60 bits per heavy atom. The van der Waals surface area contributed by atoms with Crippen molar-refractivity contribution < 1.29 is 37.1 Å². The lowest BCUT2D eigenvalue weighted by Gasteiger charge is -2.23. The van der Waals surface area contributed by atoms with Gasteiger partial charge < -0.3 is 20.2 Å². The fraction of sp³-hybridized carbons (Fsp3) is 0.553. The zero-order chi connectivity index (χ0) is 38.6. The molecule has 2 heterocycles. The molecule has 53 heavy (non-hydrogen) atoms. The number of hydrogen-bond donors (Lipinski definition) is 3. The van der Waals surface area contributed by atoms with E-state index in [2.05, 4.69) is 27.5 Å². The number of amides is 3. The van der Waals surface area contributed by atoms with Crippen molar-refractivity contribution in [2.75, 3.05) is 16.6 Å². The number of imide groups is 1. The van der Waals surface area contributed by atoms with E-state index in [1.165, 1.54) is 76.8 Å². The zero-order valence-corrected chi connectivity index (χ0v) is 32.6. The first-order valence-corrected chi connectivity index (χ1v) is 20.4. The number of benzene rings is 2. The molecular formula is C38H52ClN5O8S. The van der Waals surface area contributed by atoms with E-state index in [9.17, 15) is 27.6 Å². The van der Waals surface area contributed by atoms with Crippen molar-refractivity contribution in [3.63, 3.8) is 0 Å².